The van der Waals surface area contributed by atoms with Crippen LogP contribution in [0.25, 0.3) is 22.1 Å². The second kappa shape index (κ2) is 3.02. The molecule has 16 heavy (non-hydrogen) atoms. The minimum Gasteiger partial charge on any atom is -0.477 e. The molecule has 0 fully saturated rings. The zero-order valence-electron chi connectivity index (χ0n) is 7.95. The molecule has 0 aliphatic heterocycles. The van der Waals surface area contributed by atoms with Crippen molar-refractivity contribution < 1.29 is 14.3 Å². The molecule has 0 bridgehead atoms. The van der Waals surface area contributed by atoms with E-state index < -0.39 is 5.97 Å². The predicted octanol–water partition coefficient (Wildman–Crippen LogP) is 3.27. The highest BCUT2D eigenvalue weighted by molar-refractivity contribution is 6.31. The number of aromatic amines is 1. The van der Waals surface area contributed by atoms with Gasteiger partial charge in [0.1, 0.15) is 11.3 Å². The van der Waals surface area contributed by atoms with Crippen molar-refractivity contribution in [3.63, 3.8) is 0 Å². The topological polar surface area (TPSA) is 66.2 Å². The number of benzene rings is 1. The number of hydrogen-bond donors (Lipinski definition) is 2. The first-order chi connectivity index (χ1) is 7.65. The number of aromatic nitrogens is 1. The van der Waals surface area contributed by atoms with Crippen molar-refractivity contribution >= 4 is 39.6 Å². The molecule has 5 heteroatoms. The van der Waals surface area contributed by atoms with Crippen LogP contribution in [0.4, 0.5) is 0 Å². The van der Waals surface area contributed by atoms with E-state index in [0.29, 0.717) is 16.3 Å². The van der Waals surface area contributed by atoms with Gasteiger partial charge in [0.2, 0.25) is 5.71 Å². The molecular formula is C11H6ClNO3. The molecule has 0 atom stereocenters. The van der Waals surface area contributed by atoms with Gasteiger partial charge in [-0.25, -0.2) is 4.79 Å². The van der Waals surface area contributed by atoms with Crippen molar-refractivity contribution in [2.45, 2.75) is 0 Å². The fourth-order valence-corrected chi connectivity index (χ4v) is 1.92. The second-order valence-electron chi connectivity index (χ2n) is 3.47. The number of furan rings is 1. The average Bonchev–Trinajstić information content (AvgIpc) is 2.75. The summed E-state index contributed by atoms with van der Waals surface area (Å²) in [5, 5.41) is 11.0. The van der Waals surface area contributed by atoms with Gasteiger partial charge < -0.3 is 14.5 Å². The largest absolute Gasteiger partial charge is 0.477 e. The Hall–Kier alpha value is -1.94. The van der Waals surface area contributed by atoms with Crippen molar-refractivity contribution in [2.75, 3.05) is 0 Å². The summed E-state index contributed by atoms with van der Waals surface area (Å²) in [5.74, 6) is -1.01. The smallest absolute Gasteiger partial charge is 0.352 e. The van der Waals surface area contributed by atoms with Gasteiger partial charge in [0, 0.05) is 15.8 Å². The lowest BCUT2D eigenvalue weighted by Gasteiger charge is -1.89. The number of H-pyrrole nitrogens is 1. The minimum absolute atomic E-state index is 0.107. The number of fused-ring (bicyclic) bond motifs is 3. The van der Waals surface area contributed by atoms with Crippen LogP contribution in [0.5, 0.6) is 0 Å². The van der Waals surface area contributed by atoms with Gasteiger partial charge in [-0.05, 0) is 24.3 Å². The zero-order valence-corrected chi connectivity index (χ0v) is 8.71. The van der Waals surface area contributed by atoms with Gasteiger partial charge in [-0.15, -0.1) is 0 Å². The number of rotatable bonds is 1. The van der Waals surface area contributed by atoms with E-state index in [0.717, 1.165) is 10.8 Å². The van der Waals surface area contributed by atoms with Crippen molar-refractivity contribution in [1.82, 2.24) is 4.98 Å². The standard InChI is InChI=1S/C11H6ClNO3/c12-5-1-2-9-6(3-5)7-4-8(11(14)15)13-10(7)16-9/h1-4,13H,(H,14,15). The van der Waals surface area contributed by atoms with Gasteiger partial charge in [0.25, 0.3) is 0 Å². The molecule has 0 radical (unpaired) electrons. The maximum absolute atomic E-state index is 10.8. The highest BCUT2D eigenvalue weighted by Gasteiger charge is 2.13. The summed E-state index contributed by atoms with van der Waals surface area (Å²) >= 11 is 5.88. The average molecular weight is 236 g/mol. The van der Waals surface area contributed by atoms with Crippen molar-refractivity contribution in [1.29, 1.82) is 0 Å². The molecule has 0 amide bonds. The van der Waals surface area contributed by atoms with E-state index in [4.69, 9.17) is 21.1 Å². The van der Waals surface area contributed by atoms with Crippen LogP contribution in [0.3, 0.4) is 0 Å². The maximum atomic E-state index is 10.8. The minimum atomic E-state index is -1.01. The maximum Gasteiger partial charge on any atom is 0.352 e. The predicted molar refractivity (Wildman–Crippen MR) is 60.0 cm³/mol. The van der Waals surface area contributed by atoms with Crippen molar-refractivity contribution in [3.8, 4) is 0 Å². The van der Waals surface area contributed by atoms with Crippen LogP contribution in [0.15, 0.2) is 28.7 Å². The first kappa shape index (κ1) is 9.30. The molecule has 0 aliphatic rings. The van der Waals surface area contributed by atoms with Crippen molar-refractivity contribution in [3.05, 3.63) is 35.0 Å². The summed E-state index contributed by atoms with van der Waals surface area (Å²) in [4.78, 5) is 13.5. The van der Waals surface area contributed by atoms with Gasteiger partial charge in [-0.2, -0.15) is 0 Å². The molecule has 80 valence electrons. The van der Waals surface area contributed by atoms with Gasteiger partial charge in [-0.1, -0.05) is 11.6 Å². The Balaban J connectivity index is 2.40. The van der Waals surface area contributed by atoms with Gasteiger partial charge >= 0.3 is 5.97 Å². The van der Waals surface area contributed by atoms with E-state index in [2.05, 4.69) is 4.98 Å². The third-order valence-electron chi connectivity index (χ3n) is 2.46. The third kappa shape index (κ3) is 1.20. The summed E-state index contributed by atoms with van der Waals surface area (Å²) in [7, 11) is 0. The molecule has 0 unspecified atom stereocenters. The summed E-state index contributed by atoms with van der Waals surface area (Å²) in [5.41, 5.74) is 1.24. The van der Waals surface area contributed by atoms with Crippen molar-refractivity contribution in [2.24, 2.45) is 0 Å². The molecule has 3 rings (SSSR count). The Morgan fingerprint density at radius 3 is 2.88 bits per heavy atom. The molecule has 0 aliphatic carbocycles. The van der Waals surface area contributed by atoms with Crippen LogP contribution < -0.4 is 0 Å². The summed E-state index contributed by atoms with van der Waals surface area (Å²) in [6, 6.07) is 6.78. The first-order valence-corrected chi connectivity index (χ1v) is 4.97. The molecule has 2 aromatic heterocycles. The first-order valence-electron chi connectivity index (χ1n) is 4.59. The number of carboxylic acid groups (broad SMARTS) is 1. The number of carboxylic acids is 1. The van der Waals surface area contributed by atoms with E-state index >= 15 is 0 Å². The Labute approximate surface area is 94.4 Å². The van der Waals surface area contributed by atoms with E-state index in [-0.39, 0.29) is 5.69 Å². The molecule has 0 spiro atoms. The van der Waals surface area contributed by atoms with Gasteiger partial charge in [0.05, 0.1) is 0 Å². The summed E-state index contributed by atoms with van der Waals surface area (Å²) in [6.45, 7) is 0. The molecule has 1 aromatic carbocycles. The lowest BCUT2D eigenvalue weighted by molar-refractivity contribution is 0.0691. The lowest BCUT2D eigenvalue weighted by atomic mass is 10.2. The Kier molecular flexibility index (Phi) is 1.76. The molecule has 4 nitrogen and oxygen atoms in total. The quantitative estimate of drug-likeness (QED) is 0.680. The Morgan fingerprint density at radius 1 is 1.31 bits per heavy atom. The normalized spacial score (nSPS) is 11.3. The van der Waals surface area contributed by atoms with E-state index in [1.54, 1.807) is 24.3 Å². The van der Waals surface area contributed by atoms with Crippen LogP contribution in [0.2, 0.25) is 5.02 Å². The van der Waals surface area contributed by atoms with E-state index in [1.165, 1.54) is 0 Å². The molecular weight excluding hydrogens is 230 g/mol. The fourth-order valence-electron chi connectivity index (χ4n) is 1.74. The number of halogens is 1. The summed E-state index contributed by atoms with van der Waals surface area (Å²) in [6.07, 6.45) is 0. The third-order valence-corrected chi connectivity index (χ3v) is 2.69. The summed E-state index contributed by atoms with van der Waals surface area (Å²) < 4.78 is 5.46. The Bertz CT molecular complexity index is 710. The molecule has 2 heterocycles. The number of aromatic carboxylic acids is 1. The second-order valence-corrected chi connectivity index (χ2v) is 3.91. The zero-order chi connectivity index (χ0) is 11.3. The SMILES string of the molecule is O=C(O)c1cc2c([nH]1)oc1ccc(Cl)cc12. The van der Waals surface area contributed by atoms with E-state index in [1.807, 2.05) is 0 Å². The van der Waals surface area contributed by atoms with Crippen LogP contribution in [-0.4, -0.2) is 16.1 Å². The van der Waals surface area contributed by atoms with E-state index in [9.17, 15) is 4.79 Å². The number of carbonyl (C=O) groups is 1. The van der Waals surface area contributed by atoms with Crippen LogP contribution >= 0.6 is 11.6 Å². The molecule has 2 N–H and O–H groups in total. The fraction of sp³-hybridized carbons (Fsp3) is 0. The van der Waals surface area contributed by atoms with Crippen LogP contribution in [-0.2, 0) is 0 Å². The van der Waals surface area contributed by atoms with Crippen LogP contribution in [0, 0.1) is 0 Å². The highest BCUT2D eigenvalue weighted by Crippen LogP contribution is 2.30. The highest BCUT2D eigenvalue weighted by atomic mass is 35.5. The molecule has 3 aromatic rings. The Morgan fingerprint density at radius 2 is 2.12 bits per heavy atom. The monoisotopic (exact) mass is 235 g/mol. The lowest BCUT2D eigenvalue weighted by Crippen LogP contribution is -1.94. The van der Waals surface area contributed by atoms with Gasteiger partial charge in [-0.3, -0.25) is 0 Å². The van der Waals surface area contributed by atoms with Crippen LogP contribution in [0.1, 0.15) is 10.5 Å². The number of nitrogens with one attached hydrogen (secondary N) is 1. The van der Waals surface area contributed by atoms with Gasteiger partial charge in [0.15, 0.2) is 0 Å². The number of hydrogen-bond acceptors (Lipinski definition) is 2. The molecule has 0 saturated carbocycles. The molecule has 0 saturated heterocycles.